The topological polar surface area (TPSA) is 23.8 Å². The predicted molar refractivity (Wildman–Crippen MR) is 95.7 cm³/mol. The second-order valence-electron chi connectivity index (χ2n) is 5.03. The lowest BCUT2D eigenvalue weighted by molar-refractivity contribution is 0.602. The largest absolute Gasteiger partial charge is 0.206 e. The number of rotatable bonds is 2. The highest BCUT2D eigenvalue weighted by molar-refractivity contribution is 8.03. The van der Waals surface area contributed by atoms with E-state index in [9.17, 15) is 4.39 Å². The third-order valence-electron chi connectivity index (χ3n) is 3.43. The summed E-state index contributed by atoms with van der Waals surface area (Å²) in [5, 5.41) is 10.5. The molecule has 0 saturated carbocycles. The minimum Gasteiger partial charge on any atom is -0.206 e. The Morgan fingerprint density at radius 2 is 1.38 bits per heavy atom. The van der Waals surface area contributed by atoms with E-state index in [1.54, 1.807) is 12.1 Å². The molecule has 0 radical (unpaired) electrons. The maximum Gasteiger partial charge on any atom is 0.139 e. The van der Waals surface area contributed by atoms with Crippen LogP contribution in [0.15, 0.2) is 77.7 Å². The number of benzene rings is 3. The van der Waals surface area contributed by atoms with Crippen LogP contribution in [0.3, 0.4) is 0 Å². The van der Waals surface area contributed by atoms with E-state index < -0.39 is 5.82 Å². The number of nitriles is 1. The SMILES string of the molecule is N#CSc1ccc(C#Cc2ccc(-c3ccccc3)cc2)cc1F. The minimum absolute atomic E-state index is 0.315. The predicted octanol–water partition coefficient (Wildman–Crippen LogP) is 5.47. The molecule has 114 valence electrons. The van der Waals surface area contributed by atoms with Crippen molar-refractivity contribution in [2.24, 2.45) is 0 Å². The van der Waals surface area contributed by atoms with Gasteiger partial charge >= 0.3 is 0 Å². The van der Waals surface area contributed by atoms with Gasteiger partial charge in [-0.25, -0.2) is 4.39 Å². The van der Waals surface area contributed by atoms with Gasteiger partial charge in [-0.3, -0.25) is 0 Å². The van der Waals surface area contributed by atoms with Crippen LogP contribution in [0.25, 0.3) is 11.1 Å². The summed E-state index contributed by atoms with van der Waals surface area (Å²) in [6.07, 6.45) is 0. The van der Waals surface area contributed by atoms with Crippen molar-refractivity contribution in [1.29, 1.82) is 5.26 Å². The Hall–Kier alpha value is -3.01. The zero-order valence-corrected chi connectivity index (χ0v) is 13.5. The van der Waals surface area contributed by atoms with Crippen molar-refractivity contribution in [2.45, 2.75) is 4.90 Å². The average Bonchev–Trinajstić information content (AvgIpc) is 2.63. The molecule has 0 aliphatic carbocycles. The summed E-state index contributed by atoms with van der Waals surface area (Å²) in [6, 6.07) is 22.7. The molecular formula is C21H12FNS. The summed E-state index contributed by atoms with van der Waals surface area (Å²) >= 11 is 0.807. The van der Waals surface area contributed by atoms with Gasteiger partial charge in [0.25, 0.3) is 0 Å². The highest BCUT2D eigenvalue weighted by atomic mass is 32.2. The molecule has 3 rings (SSSR count). The fourth-order valence-corrected chi connectivity index (χ4v) is 2.62. The number of thiocyanates is 1. The lowest BCUT2D eigenvalue weighted by Crippen LogP contribution is -1.83. The van der Waals surface area contributed by atoms with E-state index in [4.69, 9.17) is 5.26 Å². The molecule has 0 atom stereocenters. The van der Waals surface area contributed by atoms with Crippen LogP contribution in [0.4, 0.5) is 4.39 Å². The fraction of sp³-hybridized carbons (Fsp3) is 0. The minimum atomic E-state index is -0.423. The summed E-state index contributed by atoms with van der Waals surface area (Å²) < 4.78 is 13.8. The molecule has 3 heteroatoms. The molecule has 0 aromatic heterocycles. The highest BCUT2D eigenvalue weighted by Gasteiger charge is 2.02. The Kier molecular flexibility index (Phi) is 4.96. The van der Waals surface area contributed by atoms with E-state index in [0.717, 1.165) is 28.5 Å². The lowest BCUT2D eigenvalue weighted by Gasteiger charge is -2.01. The molecule has 0 saturated heterocycles. The Balaban J connectivity index is 1.79. The van der Waals surface area contributed by atoms with Crippen molar-refractivity contribution in [2.75, 3.05) is 0 Å². The van der Waals surface area contributed by atoms with Crippen LogP contribution in [0.1, 0.15) is 11.1 Å². The molecule has 0 amide bonds. The smallest absolute Gasteiger partial charge is 0.139 e. The van der Waals surface area contributed by atoms with Gasteiger partial charge in [0.15, 0.2) is 0 Å². The molecule has 0 spiro atoms. The fourth-order valence-electron chi connectivity index (χ4n) is 2.23. The van der Waals surface area contributed by atoms with Gasteiger partial charge in [0.05, 0.1) is 4.90 Å². The van der Waals surface area contributed by atoms with E-state index >= 15 is 0 Å². The van der Waals surface area contributed by atoms with Crippen LogP contribution in [0.5, 0.6) is 0 Å². The molecule has 1 nitrogen and oxygen atoms in total. The van der Waals surface area contributed by atoms with E-state index in [-0.39, 0.29) is 0 Å². The summed E-state index contributed by atoms with van der Waals surface area (Å²) in [7, 11) is 0. The summed E-state index contributed by atoms with van der Waals surface area (Å²) in [4.78, 5) is 0.315. The number of hydrogen-bond donors (Lipinski definition) is 0. The van der Waals surface area contributed by atoms with Crippen LogP contribution in [-0.2, 0) is 0 Å². The summed E-state index contributed by atoms with van der Waals surface area (Å²) in [5.41, 5.74) is 3.74. The molecule has 0 aliphatic rings. The van der Waals surface area contributed by atoms with Gasteiger partial charge in [0.1, 0.15) is 11.2 Å². The first-order chi connectivity index (χ1) is 11.8. The van der Waals surface area contributed by atoms with E-state index in [2.05, 4.69) is 24.0 Å². The number of nitrogens with zero attached hydrogens (tertiary/aromatic N) is 1. The van der Waals surface area contributed by atoms with Gasteiger partial charge in [0, 0.05) is 11.1 Å². The van der Waals surface area contributed by atoms with Crippen LogP contribution < -0.4 is 0 Å². The maximum absolute atomic E-state index is 13.8. The van der Waals surface area contributed by atoms with Gasteiger partial charge in [-0.1, -0.05) is 54.3 Å². The molecule has 0 bridgehead atoms. The second kappa shape index (κ2) is 7.51. The van der Waals surface area contributed by atoms with Gasteiger partial charge < -0.3 is 0 Å². The average molecular weight is 329 g/mol. The van der Waals surface area contributed by atoms with Crippen molar-refractivity contribution >= 4 is 11.8 Å². The van der Waals surface area contributed by atoms with Crippen molar-refractivity contribution in [3.63, 3.8) is 0 Å². The first-order valence-corrected chi connectivity index (χ1v) is 8.11. The number of hydrogen-bond acceptors (Lipinski definition) is 2. The van der Waals surface area contributed by atoms with Gasteiger partial charge in [0.2, 0.25) is 0 Å². The first-order valence-electron chi connectivity index (χ1n) is 7.29. The Labute approximate surface area is 144 Å². The van der Waals surface area contributed by atoms with Crippen LogP contribution >= 0.6 is 11.8 Å². The van der Waals surface area contributed by atoms with E-state index in [1.165, 1.54) is 6.07 Å². The molecule has 0 aliphatic heterocycles. The van der Waals surface area contributed by atoms with Gasteiger partial charge in [-0.2, -0.15) is 5.26 Å². The molecule has 24 heavy (non-hydrogen) atoms. The number of halogens is 1. The molecule has 0 heterocycles. The first kappa shape index (κ1) is 15.9. The molecule has 0 fully saturated rings. The standard InChI is InChI=1S/C21H12FNS/c22-20-14-17(10-13-21(20)24-15-23)7-6-16-8-11-19(12-9-16)18-4-2-1-3-5-18/h1-5,8-14H. The second-order valence-corrected chi connectivity index (χ2v) is 5.86. The van der Waals surface area contributed by atoms with Crippen LogP contribution in [0, 0.1) is 28.3 Å². The lowest BCUT2D eigenvalue weighted by atomic mass is 10.0. The van der Waals surface area contributed by atoms with Crippen LogP contribution in [-0.4, -0.2) is 0 Å². The monoisotopic (exact) mass is 329 g/mol. The zero-order chi connectivity index (χ0) is 16.8. The number of thioether (sulfide) groups is 1. The molecule has 3 aromatic rings. The third kappa shape index (κ3) is 3.84. The highest BCUT2D eigenvalue weighted by Crippen LogP contribution is 2.21. The summed E-state index contributed by atoms with van der Waals surface area (Å²) in [6.45, 7) is 0. The summed E-state index contributed by atoms with van der Waals surface area (Å²) in [5.74, 6) is 5.55. The van der Waals surface area contributed by atoms with Gasteiger partial charge in [-0.15, -0.1) is 0 Å². The Morgan fingerprint density at radius 1 is 0.750 bits per heavy atom. The van der Waals surface area contributed by atoms with Crippen molar-refractivity contribution in [3.05, 3.63) is 89.7 Å². The van der Waals surface area contributed by atoms with Crippen molar-refractivity contribution < 1.29 is 4.39 Å². The molecule has 3 aromatic carbocycles. The van der Waals surface area contributed by atoms with Crippen molar-refractivity contribution in [1.82, 2.24) is 0 Å². The molecular weight excluding hydrogens is 317 g/mol. The van der Waals surface area contributed by atoms with Crippen LogP contribution in [0.2, 0.25) is 0 Å². The van der Waals surface area contributed by atoms with Gasteiger partial charge in [-0.05, 0) is 53.2 Å². The molecule has 0 unspecified atom stereocenters. The maximum atomic E-state index is 13.8. The zero-order valence-electron chi connectivity index (χ0n) is 12.7. The quantitative estimate of drug-likeness (QED) is 0.354. The third-order valence-corrected chi connectivity index (χ3v) is 4.07. The van der Waals surface area contributed by atoms with E-state index in [1.807, 2.05) is 47.9 Å². The van der Waals surface area contributed by atoms with Crippen molar-refractivity contribution in [3.8, 4) is 28.4 Å². The Bertz CT molecular complexity index is 945. The van der Waals surface area contributed by atoms with E-state index in [0.29, 0.717) is 10.5 Å². The molecule has 0 N–H and O–H groups in total. The Morgan fingerprint density at radius 3 is 2.04 bits per heavy atom. The normalized spacial score (nSPS) is 9.67.